The zero-order valence-corrected chi connectivity index (χ0v) is 11.5. The third-order valence-corrected chi connectivity index (χ3v) is 3.30. The quantitative estimate of drug-likeness (QED) is 0.919. The Morgan fingerprint density at radius 2 is 1.79 bits per heavy atom. The largest absolute Gasteiger partial charge is 0.489 e. The van der Waals surface area contributed by atoms with Crippen LogP contribution in [0.25, 0.3) is 0 Å². The van der Waals surface area contributed by atoms with Gasteiger partial charge in [0.1, 0.15) is 18.2 Å². The summed E-state index contributed by atoms with van der Waals surface area (Å²) >= 11 is 11.7. The first kappa shape index (κ1) is 14.1. The summed E-state index contributed by atoms with van der Waals surface area (Å²) in [6, 6.07) is 9.62. The summed E-state index contributed by atoms with van der Waals surface area (Å²) in [6.45, 7) is 0.547. The van der Waals surface area contributed by atoms with Crippen molar-refractivity contribution in [1.82, 2.24) is 0 Å². The molecule has 2 N–H and O–H groups in total. The van der Waals surface area contributed by atoms with Gasteiger partial charge in [-0.05, 0) is 35.4 Å². The van der Waals surface area contributed by atoms with Crippen LogP contribution in [0.3, 0.4) is 0 Å². The summed E-state index contributed by atoms with van der Waals surface area (Å²) in [5, 5.41) is 0.950. The van der Waals surface area contributed by atoms with Crippen LogP contribution in [0.5, 0.6) is 5.75 Å². The second kappa shape index (κ2) is 6.24. The van der Waals surface area contributed by atoms with Gasteiger partial charge in [-0.3, -0.25) is 0 Å². The maximum absolute atomic E-state index is 13.3. The average Bonchev–Trinajstić information content (AvgIpc) is 2.39. The Kier molecular flexibility index (Phi) is 4.64. The van der Waals surface area contributed by atoms with Crippen molar-refractivity contribution in [2.75, 3.05) is 0 Å². The third kappa shape index (κ3) is 3.83. The molecule has 0 bridgehead atoms. The van der Waals surface area contributed by atoms with Gasteiger partial charge in [-0.15, -0.1) is 0 Å². The standard InChI is InChI=1S/C14H12Cl2FNO/c15-13-2-1-9(5-14(13)16)8-19-12-4-10(7-18)3-11(17)6-12/h1-6H,7-8,18H2. The summed E-state index contributed by atoms with van der Waals surface area (Å²) < 4.78 is 18.8. The van der Waals surface area contributed by atoms with Gasteiger partial charge >= 0.3 is 0 Å². The predicted molar refractivity (Wildman–Crippen MR) is 75.1 cm³/mol. The Balaban J connectivity index is 2.09. The molecular weight excluding hydrogens is 288 g/mol. The number of ether oxygens (including phenoxy) is 1. The SMILES string of the molecule is NCc1cc(F)cc(OCc2ccc(Cl)c(Cl)c2)c1. The van der Waals surface area contributed by atoms with E-state index in [4.69, 9.17) is 33.7 Å². The van der Waals surface area contributed by atoms with Crippen molar-refractivity contribution in [2.45, 2.75) is 13.2 Å². The Morgan fingerprint density at radius 1 is 1.00 bits per heavy atom. The fourth-order valence-corrected chi connectivity index (χ4v) is 1.94. The first-order chi connectivity index (χ1) is 9.08. The third-order valence-electron chi connectivity index (χ3n) is 2.56. The fourth-order valence-electron chi connectivity index (χ4n) is 1.62. The predicted octanol–water partition coefficient (Wildman–Crippen LogP) is 4.17. The molecule has 0 aliphatic carbocycles. The Morgan fingerprint density at radius 3 is 2.47 bits per heavy atom. The highest BCUT2D eigenvalue weighted by atomic mass is 35.5. The van der Waals surface area contributed by atoms with Crippen LogP contribution in [0.2, 0.25) is 10.0 Å². The van der Waals surface area contributed by atoms with Crippen molar-refractivity contribution < 1.29 is 9.13 Å². The molecule has 2 aromatic rings. The minimum absolute atomic E-state index is 0.265. The lowest BCUT2D eigenvalue weighted by atomic mass is 10.2. The van der Waals surface area contributed by atoms with Crippen molar-refractivity contribution in [2.24, 2.45) is 5.73 Å². The number of halogens is 3. The highest BCUT2D eigenvalue weighted by molar-refractivity contribution is 6.42. The molecule has 0 amide bonds. The minimum atomic E-state index is -0.368. The van der Waals surface area contributed by atoms with Crippen LogP contribution in [0.1, 0.15) is 11.1 Å². The number of hydrogen-bond acceptors (Lipinski definition) is 2. The summed E-state index contributed by atoms with van der Waals surface area (Å²) in [5.74, 6) is 0.0682. The Labute approximate surface area is 120 Å². The molecule has 0 heterocycles. The normalized spacial score (nSPS) is 10.5. The van der Waals surface area contributed by atoms with E-state index in [9.17, 15) is 4.39 Å². The molecule has 0 aliphatic heterocycles. The van der Waals surface area contributed by atoms with Crippen molar-refractivity contribution in [1.29, 1.82) is 0 Å². The molecule has 0 aliphatic rings. The topological polar surface area (TPSA) is 35.2 Å². The highest BCUT2D eigenvalue weighted by Crippen LogP contribution is 2.24. The van der Waals surface area contributed by atoms with Gasteiger partial charge in [0.2, 0.25) is 0 Å². The average molecular weight is 300 g/mol. The lowest BCUT2D eigenvalue weighted by Crippen LogP contribution is -2.00. The van der Waals surface area contributed by atoms with E-state index in [1.165, 1.54) is 12.1 Å². The molecule has 2 rings (SSSR count). The Bertz CT molecular complexity index is 590. The lowest BCUT2D eigenvalue weighted by Gasteiger charge is -2.09. The molecule has 0 aromatic heterocycles. The van der Waals surface area contributed by atoms with Crippen molar-refractivity contribution in [3.05, 3.63) is 63.4 Å². The zero-order chi connectivity index (χ0) is 13.8. The van der Waals surface area contributed by atoms with Crippen molar-refractivity contribution in [3.8, 4) is 5.75 Å². The van der Waals surface area contributed by atoms with Crippen LogP contribution in [-0.2, 0) is 13.2 Å². The number of rotatable bonds is 4. The molecule has 19 heavy (non-hydrogen) atoms. The summed E-state index contributed by atoms with van der Waals surface area (Å²) in [5.41, 5.74) is 7.02. The van der Waals surface area contributed by atoms with Gasteiger partial charge < -0.3 is 10.5 Å². The van der Waals surface area contributed by atoms with Gasteiger partial charge in [0, 0.05) is 12.6 Å². The molecule has 0 atom stereocenters. The van der Waals surface area contributed by atoms with Crippen LogP contribution in [0, 0.1) is 5.82 Å². The Hall–Kier alpha value is -1.29. The van der Waals surface area contributed by atoms with E-state index in [2.05, 4.69) is 0 Å². The highest BCUT2D eigenvalue weighted by Gasteiger charge is 2.03. The summed E-state index contributed by atoms with van der Waals surface area (Å²) in [4.78, 5) is 0. The summed E-state index contributed by atoms with van der Waals surface area (Å²) in [7, 11) is 0. The minimum Gasteiger partial charge on any atom is -0.489 e. The van der Waals surface area contributed by atoms with Crippen LogP contribution in [0.4, 0.5) is 4.39 Å². The van der Waals surface area contributed by atoms with Gasteiger partial charge in [-0.2, -0.15) is 0 Å². The lowest BCUT2D eigenvalue weighted by molar-refractivity contribution is 0.304. The summed E-state index contributed by atoms with van der Waals surface area (Å²) in [6.07, 6.45) is 0. The molecule has 0 unspecified atom stereocenters. The van der Waals surface area contributed by atoms with E-state index < -0.39 is 0 Å². The molecule has 2 nitrogen and oxygen atoms in total. The molecule has 0 spiro atoms. The van der Waals surface area contributed by atoms with Gasteiger partial charge in [-0.25, -0.2) is 4.39 Å². The molecule has 0 fully saturated rings. The van der Waals surface area contributed by atoms with Crippen LogP contribution < -0.4 is 10.5 Å². The zero-order valence-electron chi connectivity index (χ0n) is 10.00. The number of benzene rings is 2. The second-order valence-electron chi connectivity index (χ2n) is 4.04. The van der Waals surface area contributed by atoms with E-state index in [0.717, 1.165) is 5.56 Å². The molecular formula is C14H12Cl2FNO. The maximum Gasteiger partial charge on any atom is 0.127 e. The second-order valence-corrected chi connectivity index (χ2v) is 4.85. The van der Waals surface area contributed by atoms with Crippen LogP contribution >= 0.6 is 23.2 Å². The molecule has 0 saturated heterocycles. The monoisotopic (exact) mass is 299 g/mol. The molecule has 0 radical (unpaired) electrons. The van der Waals surface area contributed by atoms with Gasteiger partial charge in [-0.1, -0.05) is 29.3 Å². The molecule has 0 saturated carbocycles. The van der Waals surface area contributed by atoms with E-state index >= 15 is 0 Å². The van der Waals surface area contributed by atoms with E-state index in [1.807, 2.05) is 0 Å². The van der Waals surface area contributed by atoms with Crippen LogP contribution in [0.15, 0.2) is 36.4 Å². The van der Waals surface area contributed by atoms with Gasteiger partial charge in [0.25, 0.3) is 0 Å². The molecule has 5 heteroatoms. The van der Waals surface area contributed by atoms with Crippen molar-refractivity contribution >= 4 is 23.2 Å². The number of hydrogen-bond donors (Lipinski definition) is 1. The van der Waals surface area contributed by atoms with Crippen LogP contribution in [-0.4, -0.2) is 0 Å². The van der Waals surface area contributed by atoms with Crippen molar-refractivity contribution in [3.63, 3.8) is 0 Å². The first-order valence-corrected chi connectivity index (χ1v) is 6.40. The van der Waals surface area contributed by atoms with E-state index in [1.54, 1.807) is 24.3 Å². The molecule has 2 aromatic carbocycles. The maximum atomic E-state index is 13.3. The first-order valence-electron chi connectivity index (χ1n) is 5.65. The van der Waals surface area contributed by atoms with E-state index in [-0.39, 0.29) is 19.0 Å². The smallest absolute Gasteiger partial charge is 0.127 e. The number of nitrogens with two attached hydrogens (primary N) is 1. The van der Waals surface area contributed by atoms with Gasteiger partial charge in [0.05, 0.1) is 10.0 Å². The van der Waals surface area contributed by atoms with Gasteiger partial charge in [0.15, 0.2) is 0 Å². The van der Waals surface area contributed by atoms with E-state index in [0.29, 0.717) is 21.4 Å². The fraction of sp³-hybridized carbons (Fsp3) is 0.143. The molecule has 100 valence electrons.